The number of sulfonamides is 1. The summed E-state index contributed by atoms with van der Waals surface area (Å²) in [7, 11) is 1.29. The van der Waals surface area contributed by atoms with Gasteiger partial charge in [-0.1, -0.05) is 18.2 Å². The van der Waals surface area contributed by atoms with E-state index in [1.54, 1.807) is 30.9 Å². The number of nitrogens with one attached hydrogen (secondary N) is 2. The number of rotatable bonds is 7. The second-order valence-corrected chi connectivity index (χ2v) is 9.77. The van der Waals surface area contributed by atoms with E-state index >= 15 is 0 Å². The van der Waals surface area contributed by atoms with Crippen LogP contribution in [0.1, 0.15) is 19.4 Å². The summed E-state index contributed by atoms with van der Waals surface area (Å²) in [6.45, 7) is 5.43. The Morgan fingerprint density at radius 1 is 1.24 bits per heavy atom. The lowest BCUT2D eigenvalue weighted by Gasteiger charge is -2.24. The van der Waals surface area contributed by atoms with Gasteiger partial charge >= 0.3 is 0 Å². The number of nitrogens with zero attached hydrogens (tertiary/aromatic N) is 2. The highest BCUT2D eigenvalue weighted by molar-refractivity contribution is 14.0. The van der Waals surface area contributed by atoms with Gasteiger partial charge in [0, 0.05) is 39.0 Å². The molecule has 0 heterocycles. The van der Waals surface area contributed by atoms with E-state index < -0.39 is 10.0 Å². The van der Waals surface area contributed by atoms with Crippen LogP contribution >= 0.6 is 35.7 Å². The van der Waals surface area contributed by atoms with Gasteiger partial charge in [-0.2, -0.15) is 11.8 Å². The number of aliphatic imine (C=N–C) groups is 1. The Balaban J connectivity index is 0.00000576. The summed E-state index contributed by atoms with van der Waals surface area (Å²) in [5.74, 6) is 0.647. The Labute approximate surface area is 173 Å². The minimum absolute atomic E-state index is 0. The van der Waals surface area contributed by atoms with Crippen molar-refractivity contribution in [2.45, 2.75) is 30.0 Å². The lowest BCUT2D eigenvalue weighted by Crippen LogP contribution is -2.43. The molecule has 0 radical (unpaired) electrons. The molecule has 0 saturated heterocycles. The van der Waals surface area contributed by atoms with Crippen molar-refractivity contribution in [2.24, 2.45) is 4.99 Å². The number of halogens is 1. The van der Waals surface area contributed by atoms with Crippen LogP contribution in [0.3, 0.4) is 0 Å². The van der Waals surface area contributed by atoms with Gasteiger partial charge in [-0.15, -0.1) is 24.0 Å². The van der Waals surface area contributed by atoms with Crippen molar-refractivity contribution < 1.29 is 8.42 Å². The SMILES string of the molecule is CN=C(NCc1ccccc1S(=O)(=O)N(C)C)NCC(C)(C)SC.I. The van der Waals surface area contributed by atoms with Gasteiger partial charge in [-0.05, 0) is 31.7 Å². The molecule has 0 aromatic heterocycles. The Bertz CT molecular complexity index is 676. The molecule has 25 heavy (non-hydrogen) atoms. The minimum atomic E-state index is -3.47. The first kappa shape index (κ1) is 24.5. The zero-order valence-electron chi connectivity index (χ0n) is 15.7. The molecule has 0 aliphatic heterocycles. The third kappa shape index (κ3) is 7.32. The summed E-state index contributed by atoms with van der Waals surface area (Å²) >= 11 is 1.77. The molecular formula is C16H29IN4O2S2. The van der Waals surface area contributed by atoms with E-state index in [-0.39, 0.29) is 28.7 Å². The fourth-order valence-corrected chi connectivity index (χ4v) is 3.20. The second-order valence-electron chi connectivity index (χ2n) is 6.14. The zero-order chi connectivity index (χ0) is 18.4. The van der Waals surface area contributed by atoms with Gasteiger partial charge in [0.25, 0.3) is 0 Å². The summed E-state index contributed by atoms with van der Waals surface area (Å²) in [5.41, 5.74) is 0.707. The van der Waals surface area contributed by atoms with Gasteiger partial charge in [0.1, 0.15) is 0 Å². The number of hydrogen-bond acceptors (Lipinski definition) is 4. The maximum atomic E-state index is 12.4. The Morgan fingerprint density at radius 3 is 2.36 bits per heavy atom. The minimum Gasteiger partial charge on any atom is -0.355 e. The predicted molar refractivity (Wildman–Crippen MR) is 119 cm³/mol. The Hall–Kier alpha value is -0.520. The highest BCUT2D eigenvalue weighted by Crippen LogP contribution is 2.20. The van der Waals surface area contributed by atoms with E-state index in [2.05, 4.69) is 35.7 Å². The average molecular weight is 500 g/mol. The third-order valence-electron chi connectivity index (χ3n) is 3.64. The lowest BCUT2D eigenvalue weighted by molar-refractivity contribution is 0.519. The molecule has 144 valence electrons. The van der Waals surface area contributed by atoms with E-state index in [0.29, 0.717) is 23.0 Å². The zero-order valence-corrected chi connectivity index (χ0v) is 19.6. The van der Waals surface area contributed by atoms with Crippen molar-refractivity contribution in [2.75, 3.05) is 33.9 Å². The molecule has 1 rings (SSSR count). The average Bonchev–Trinajstić information content (AvgIpc) is 2.55. The summed E-state index contributed by atoms with van der Waals surface area (Å²) < 4.78 is 26.1. The van der Waals surface area contributed by atoms with Crippen molar-refractivity contribution in [3.8, 4) is 0 Å². The summed E-state index contributed by atoms with van der Waals surface area (Å²) in [4.78, 5) is 4.50. The van der Waals surface area contributed by atoms with E-state index in [0.717, 1.165) is 6.54 Å². The van der Waals surface area contributed by atoms with Crippen LogP contribution in [0.4, 0.5) is 0 Å². The largest absolute Gasteiger partial charge is 0.355 e. The maximum absolute atomic E-state index is 12.4. The molecule has 0 bridgehead atoms. The topological polar surface area (TPSA) is 73.8 Å². The van der Waals surface area contributed by atoms with Crippen molar-refractivity contribution in [1.82, 2.24) is 14.9 Å². The standard InChI is InChI=1S/C16H28N4O2S2.HI/c1-16(2,23-6)12-19-15(17-3)18-11-13-9-7-8-10-14(13)24(21,22)20(4)5;/h7-10H,11-12H2,1-6H3,(H2,17,18,19);1H. The van der Waals surface area contributed by atoms with Crippen LogP contribution in [0.2, 0.25) is 0 Å². The summed E-state index contributed by atoms with van der Waals surface area (Å²) in [5, 5.41) is 6.45. The van der Waals surface area contributed by atoms with Crippen molar-refractivity contribution in [3.05, 3.63) is 29.8 Å². The van der Waals surface area contributed by atoms with Crippen LogP contribution in [0, 0.1) is 0 Å². The monoisotopic (exact) mass is 500 g/mol. The van der Waals surface area contributed by atoms with E-state index in [1.165, 1.54) is 18.4 Å². The van der Waals surface area contributed by atoms with Crippen LogP contribution < -0.4 is 10.6 Å². The fraction of sp³-hybridized carbons (Fsp3) is 0.562. The Kier molecular flexibility index (Phi) is 10.4. The number of benzene rings is 1. The molecule has 2 N–H and O–H groups in total. The molecule has 0 saturated carbocycles. The molecule has 6 nitrogen and oxygen atoms in total. The van der Waals surface area contributed by atoms with Crippen LogP contribution in [-0.2, 0) is 16.6 Å². The first-order valence-corrected chi connectivity index (χ1v) is 10.3. The fourth-order valence-electron chi connectivity index (χ4n) is 1.87. The van der Waals surface area contributed by atoms with Gasteiger partial charge in [0.05, 0.1) is 4.90 Å². The Morgan fingerprint density at radius 2 is 1.84 bits per heavy atom. The lowest BCUT2D eigenvalue weighted by atomic mass is 10.2. The van der Waals surface area contributed by atoms with Gasteiger partial charge in [0.2, 0.25) is 10.0 Å². The molecule has 0 unspecified atom stereocenters. The molecule has 9 heteroatoms. The molecular weight excluding hydrogens is 471 g/mol. The molecule has 0 fully saturated rings. The van der Waals surface area contributed by atoms with E-state index in [1.807, 2.05) is 12.1 Å². The molecule has 0 aliphatic carbocycles. The van der Waals surface area contributed by atoms with Gasteiger partial charge in [-0.25, -0.2) is 12.7 Å². The van der Waals surface area contributed by atoms with Crippen molar-refractivity contribution in [3.63, 3.8) is 0 Å². The molecule has 0 amide bonds. The quantitative estimate of drug-likeness (QED) is 0.342. The van der Waals surface area contributed by atoms with Gasteiger partial charge in [-0.3, -0.25) is 4.99 Å². The smallest absolute Gasteiger partial charge is 0.242 e. The number of thioether (sulfide) groups is 1. The number of guanidine groups is 1. The van der Waals surface area contributed by atoms with Crippen LogP contribution in [0.5, 0.6) is 0 Å². The summed E-state index contributed by atoms with van der Waals surface area (Å²) in [6, 6.07) is 6.99. The van der Waals surface area contributed by atoms with E-state index in [9.17, 15) is 8.42 Å². The highest BCUT2D eigenvalue weighted by atomic mass is 127. The third-order valence-corrected chi connectivity index (χ3v) is 6.80. The van der Waals surface area contributed by atoms with E-state index in [4.69, 9.17) is 0 Å². The highest BCUT2D eigenvalue weighted by Gasteiger charge is 2.21. The molecule has 1 aromatic carbocycles. The predicted octanol–water partition coefficient (Wildman–Crippen LogP) is 2.36. The first-order valence-electron chi connectivity index (χ1n) is 7.64. The molecule has 0 atom stereocenters. The van der Waals surface area contributed by atoms with Crippen LogP contribution in [0.25, 0.3) is 0 Å². The van der Waals surface area contributed by atoms with Gasteiger partial charge < -0.3 is 10.6 Å². The van der Waals surface area contributed by atoms with Gasteiger partial charge in [0.15, 0.2) is 5.96 Å². The maximum Gasteiger partial charge on any atom is 0.242 e. The summed E-state index contributed by atoms with van der Waals surface area (Å²) in [6.07, 6.45) is 2.07. The van der Waals surface area contributed by atoms with Crippen molar-refractivity contribution in [1.29, 1.82) is 0 Å². The molecule has 0 aliphatic rings. The molecule has 0 spiro atoms. The molecule has 1 aromatic rings. The van der Waals surface area contributed by atoms with Crippen molar-refractivity contribution >= 4 is 51.7 Å². The first-order chi connectivity index (χ1) is 11.1. The number of hydrogen-bond donors (Lipinski definition) is 2. The normalized spacial score (nSPS) is 12.7. The van der Waals surface area contributed by atoms with Crippen LogP contribution in [-0.4, -0.2) is 57.4 Å². The van der Waals surface area contributed by atoms with Crippen LogP contribution in [0.15, 0.2) is 34.2 Å². The second kappa shape index (κ2) is 10.6.